The Hall–Kier alpha value is -0.0400. The van der Waals surface area contributed by atoms with E-state index in [0.29, 0.717) is 10.8 Å². The molecule has 2 rings (SSSR count). The summed E-state index contributed by atoms with van der Waals surface area (Å²) in [5.74, 6) is 0.753. The first-order valence-electron chi connectivity index (χ1n) is 5.62. The van der Waals surface area contributed by atoms with Crippen LogP contribution in [0.4, 0.5) is 0 Å². The molecule has 0 radical (unpaired) electrons. The number of aliphatic hydroxyl groups is 1. The quantitative estimate of drug-likeness (QED) is 0.610. The van der Waals surface area contributed by atoms with Crippen LogP contribution in [0.3, 0.4) is 0 Å². The fraction of sp³-hybridized carbons (Fsp3) is 1.00. The molecular weight excluding hydrogens is 160 g/mol. The standard InChI is InChI=1S/C12H22O/c1-11(2)5-4-6-12(3)8-9(13)7-10(11)12/h9-10,13H,4-8H2,1-3H3/t9?,10-,12-/m0/s1. The van der Waals surface area contributed by atoms with Crippen LogP contribution in [0.15, 0.2) is 0 Å². The number of fused-ring (bicyclic) bond motifs is 1. The van der Waals surface area contributed by atoms with E-state index in [0.717, 1.165) is 18.8 Å². The normalized spacial score (nSPS) is 48.9. The van der Waals surface area contributed by atoms with E-state index in [1.807, 2.05) is 0 Å². The van der Waals surface area contributed by atoms with Crippen LogP contribution < -0.4 is 0 Å². The van der Waals surface area contributed by atoms with Gasteiger partial charge in [0.25, 0.3) is 0 Å². The van der Waals surface area contributed by atoms with Gasteiger partial charge >= 0.3 is 0 Å². The molecule has 2 aliphatic rings. The number of hydrogen-bond donors (Lipinski definition) is 1. The van der Waals surface area contributed by atoms with Crippen LogP contribution >= 0.6 is 0 Å². The zero-order valence-corrected chi connectivity index (χ0v) is 9.14. The third-order valence-corrected chi connectivity index (χ3v) is 4.56. The highest BCUT2D eigenvalue weighted by Gasteiger charge is 2.51. The van der Waals surface area contributed by atoms with Crippen LogP contribution in [-0.4, -0.2) is 11.2 Å². The van der Waals surface area contributed by atoms with E-state index in [-0.39, 0.29) is 6.10 Å². The van der Waals surface area contributed by atoms with Crippen molar-refractivity contribution in [3.05, 3.63) is 0 Å². The number of rotatable bonds is 0. The molecule has 0 spiro atoms. The minimum absolute atomic E-state index is 0.0209. The van der Waals surface area contributed by atoms with Crippen molar-refractivity contribution in [2.24, 2.45) is 16.7 Å². The molecule has 1 nitrogen and oxygen atoms in total. The third-order valence-electron chi connectivity index (χ3n) is 4.56. The summed E-state index contributed by atoms with van der Waals surface area (Å²) < 4.78 is 0. The average Bonchev–Trinajstić information content (AvgIpc) is 2.25. The van der Waals surface area contributed by atoms with Gasteiger partial charge in [0.1, 0.15) is 0 Å². The number of aliphatic hydroxyl groups excluding tert-OH is 1. The molecule has 0 amide bonds. The maximum Gasteiger partial charge on any atom is 0.0548 e. The highest BCUT2D eigenvalue weighted by molar-refractivity contribution is 5.01. The first kappa shape index (κ1) is 9.51. The maximum absolute atomic E-state index is 9.76. The van der Waals surface area contributed by atoms with Gasteiger partial charge in [0, 0.05) is 0 Å². The molecule has 1 heteroatoms. The van der Waals surface area contributed by atoms with E-state index in [4.69, 9.17) is 0 Å². The molecule has 0 aromatic carbocycles. The van der Waals surface area contributed by atoms with Crippen LogP contribution in [0, 0.1) is 16.7 Å². The summed E-state index contributed by atoms with van der Waals surface area (Å²) in [5, 5.41) is 9.76. The first-order valence-corrected chi connectivity index (χ1v) is 5.62. The van der Waals surface area contributed by atoms with Crippen LogP contribution in [0.25, 0.3) is 0 Å². The van der Waals surface area contributed by atoms with Gasteiger partial charge in [0.15, 0.2) is 0 Å². The molecule has 0 aromatic rings. The minimum Gasteiger partial charge on any atom is -0.393 e. The minimum atomic E-state index is -0.0209. The van der Waals surface area contributed by atoms with Crippen molar-refractivity contribution in [1.29, 1.82) is 0 Å². The molecule has 3 atom stereocenters. The van der Waals surface area contributed by atoms with E-state index in [2.05, 4.69) is 20.8 Å². The Labute approximate surface area is 81.5 Å². The summed E-state index contributed by atoms with van der Waals surface area (Å²) in [4.78, 5) is 0. The van der Waals surface area contributed by atoms with Gasteiger partial charge in [0.05, 0.1) is 6.10 Å². The van der Waals surface area contributed by atoms with Gasteiger partial charge < -0.3 is 5.11 Å². The lowest BCUT2D eigenvalue weighted by atomic mass is 9.58. The SMILES string of the molecule is CC1(C)CCC[C@@]2(C)CC(O)C[C@@H]12. The van der Waals surface area contributed by atoms with Crippen LogP contribution in [0.5, 0.6) is 0 Å². The summed E-state index contributed by atoms with van der Waals surface area (Å²) in [6.45, 7) is 7.15. The molecule has 0 bridgehead atoms. The van der Waals surface area contributed by atoms with E-state index in [1.54, 1.807) is 0 Å². The zero-order chi connectivity index (χ0) is 9.69. The van der Waals surface area contributed by atoms with E-state index in [1.165, 1.54) is 19.3 Å². The molecule has 2 fully saturated rings. The van der Waals surface area contributed by atoms with Gasteiger partial charge in [-0.3, -0.25) is 0 Å². The lowest BCUT2D eigenvalue weighted by Crippen LogP contribution is -2.38. The molecule has 0 aliphatic heterocycles. The van der Waals surface area contributed by atoms with Gasteiger partial charge in [-0.25, -0.2) is 0 Å². The summed E-state index contributed by atoms with van der Waals surface area (Å²) >= 11 is 0. The predicted molar refractivity (Wildman–Crippen MR) is 54.5 cm³/mol. The Morgan fingerprint density at radius 2 is 1.85 bits per heavy atom. The van der Waals surface area contributed by atoms with Crippen LogP contribution in [0.2, 0.25) is 0 Å². The first-order chi connectivity index (χ1) is 5.94. The molecule has 0 aromatic heterocycles. The van der Waals surface area contributed by atoms with E-state index < -0.39 is 0 Å². The fourth-order valence-corrected chi connectivity index (χ4v) is 3.98. The summed E-state index contributed by atoms with van der Waals surface area (Å²) in [6.07, 6.45) is 6.10. The van der Waals surface area contributed by atoms with Gasteiger partial charge in [-0.1, -0.05) is 27.2 Å². The van der Waals surface area contributed by atoms with Crippen molar-refractivity contribution in [2.45, 2.75) is 59.0 Å². The molecule has 1 N–H and O–H groups in total. The second kappa shape index (κ2) is 2.73. The monoisotopic (exact) mass is 182 g/mol. The highest BCUT2D eigenvalue weighted by atomic mass is 16.3. The Morgan fingerprint density at radius 3 is 2.46 bits per heavy atom. The zero-order valence-electron chi connectivity index (χ0n) is 9.14. The molecule has 0 heterocycles. The fourth-order valence-electron chi connectivity index (χ4n) is 3.98. The second-order valence-corrected chi connectivity index (χ2v) is 6.14. The van der Waals surface area contributed by atoms with Gasteiger partial charge in [-0.15, -0.1) is 0 Å². The van der Waals surface area contributed by atoms with Gasteiger partial charge in [-0.05, 0) is 42.4 Å². The van der Waals surface area contributed by atoms with Gasteiger partial charge in [0.2, 0.25) is 0 Å². The molecule has 2 aliphatic carbocycles. The lowest BCUT2D eigenvalue weighted by molar-refractivity contribution is 0.0286. The smallest absolute Gasteiger partial charge is 0.0548 e. The molecule has 2 saturated carbocycles. The van der Waals surface area contributed by atoms with Gasteiger partial charge in [-0.2, -0.15) is 0 Å². The predicted octanol–water partition coefficient (Wildman–Crippen LogP) is 2.97. The van der Waals surface area contributed by atoms with Crippen molar-refractivity contribution in [3.8, 4) is 0 Å². The van der Waals surface area contributed by atoms with E-state index in [9.17, 15) is 5.11 Å². The number of hydrogen-bond acceptors (Lipinski definition) is 1. The van der Waals surface area contributed by atoms with E-state index >= 15 is 0 Å². The molecule has 76 valence electrons. The molecule has 13 heavy (non-hydrogen) atoms. The topological polar surface area (TPSA) is 20.2 Å². The summed E-state index contributed by atoms with van der Waals surface area (Å²) in [6, 6.07) is 0. The summed E-state index contributed by atoms with van der Waals surface area (Å²) in [7, 11) is 0. The molecule has 1 unspecified atom stereocenters. The van der Waals surface area contributed by atoms with Crippen LogP contribution in [-0.2, 0) is 0 Å². The Bertz CT molecular complexity index is 209. The van der Waals surface area contributed by atoms with Crippen molar-refractivity contribution >= 4 is 0 Å². The van der Waals surface area contributed by atoms with Crippen molar-refractivity contribution in [1.82, 2.24) is 0 Å². The average molecular weight is 182 g/mol. The molecule has 0 saturated heterocycles. The Balaban J connectivity index is 2.25. The summed E-state index contributed by atoms with van der Waals surface area (Å²) in [5.41, 5.74) is 0.908. The largest absolute Gasteiger partial charge is 0.393 e. The van der Waals surface area contributed by atoms with Crippen molar-refractivity contribution in [2.75, 3.05) is 0 Å². The van der Waals surface area contributed by atoms with Crippen molar-refractivity contribution in [3.63, 3.8) is 0 Å². The highest BCUT2D eigenvalue weighted by Crippen LogP contribution is 2.59. The lowest BCUT2D eigenvalue weighted by Gasteiger charge is -2.47. The maximum atomic E-state index is 9.76. The Morgan fingerprint density at radius 1 is 1.15 bits per heavy atom. The Kier molecular flexibility index (Phi) is 1.99. The van der Waals surface area contributed by atoms with Crippen molar-refractivity contribution < 1.29 is 5.11 Å². The second-order valence-electron chi connectivity index (χ2n) is 6.14. The third kappa shape index (κ3) is 1.41. The van der Waals surface area contributed by atoms with Crippen LogP contribution in [0.1, 0.15) is 52.9 Å². The molecular formula is C12H22O.